The first-order chi connectivity index (χ1) is 13.0. The predicted octanol–water partition coefficient (Wildman–Crippen LogP) is 1.50. The molecule has 1 fully saturated rings. The summed E-state index contributed by atoms with van der Waals surface area (Å²) >= 11 is 1.79. The lowest BCUT2D eigenvalue weighted by Crippen LogP contribution is -2.40. The van der Waals surface area contributed by atoms with E-state index >= 15 is 0 Å². The van der Waals surface area contributed by atoms with E-state index in [-0.39, 0.29) is 12.4 Å². The summed E-state index contributed by atoms with van der Waals surface area (Å²) in [5.74, 6) is 0.824. The van der Waals surface area contributed by atoms with Crippen molar-refractivity contribution in [1.82, 2.24) is 15.5 Å². The molecule has 2 N–H and O–H groups in total. The molecule has 1 saturated heterocycles. The fraction of sp³-hybridized carbons (Fsp3) is 0.722. The van der Waals surface area contributed by atoms with Crippen LogP contribution >= 0.6 is 11.3 Å². The van der Waals surface area contributed by atoms with E-state index in [4.69, 9.17) is 9.73 Å². The number of ether oxygens (including phenoxy) is 1. The Labute approximate surface area is 167 Å². The molecule has 0 bridgehead atoms. The van der Waals surface area contributed by atoms with Gasteiger partial charge < -0.3 is 15.4 Å². The molecule has 1 aliphatic heterocycles. The number of sulfone groups is 1. The number of guanidine groups is 1. The fourth-order valence-corrected chi connectivity index (χ4v) is 4.27. The lowest BCUT2D eigenvalue weighted by atomic mass is 10.2. The average Bonchev–Trinajstić information content (AvgIpc) is 3.31. The summed E-state index contributed by atoms with van der Waals surface area (Å²) in [4.78, 5) is 8.66. The quantitative estimate of drug-likeness (QED) is 0.323. The van der Waals surface area contributed by atoms with Gasteiger partial charge >= 0.3 is 0 Å². The minimum absolute atomic E-state index is 0.0550. The maximum absolute atomic E-state index is 11.1. The monoisotopic (exact) mass is 416 g/mol. The van der Waals surface area contributed by atoms with Crippen molar-refractivity contribution in [3.63, 3.8) is 0 Å². The zero-order valence-corrected chi connectivity index (χ0v) is 17.9. The second kappa shape index (κ2) is 11.6. The van der Waals surface area contributed by atoms with Crippen molar-refractivity contribution >= 4 is 27.1 Å². The Kier molecular flexibility index (Phi) is 9.53. The van der Waals surface area contributed by atoms with Gasteiger partial charge in [0.1, 0.15) is 9.84 Å². The van der Waals surface area contributed by atoms with Crippen molar-refractivity contribution in [3.8, 4) is 0 Å². The van der Waals surface area contributed by atoms with E-state index in [1.165, 1.54) is 24.0 Å². The minimum atomic E-state index is -2.97. The van der Waals surface area contributed by atoms with Gasteiger partial charge in [-0.1, -0.05) is 6.07 Å². The van der Waals surface area contributed by atoms with Crippen LogP contribution in [0.2, 0.25) is 0 Å². The fourth-order valence-electron chi connectivity index (χ4n) is 2.99. The lowest BCUT2D eigenvalue weighted by Gasteiger charge is -2.25. The molecule has 0 amide bonds. The first-order valence-electron chi connectivity index (χ1n) is 9.54. The van der Waals surface area contributed by atoms with Crippen LogP contribution in [0.3, 0.4) is 0 Å². The number of thiophene rings is 1. The van der Waals surface area contributed by atoms with Crippen molar-refractivity contribution in [1.29, 1.82) is 0 Å². The van der Waals surface area contributed by atoms with E-state index in [0.717, 1.165) is 25.6 Å². The van der Waals surface area contributed by atoms with Crippen LogP contribution < -0.4 is 10.6 Å². The Morgan fingerprint density at radius 3 is 2.74 bits per heavy atom. The zero-order chi connectivity index (χ0) is 19.5. The molecule has 0 aromatic carbocycles. The van der Waals surface area contributed by atoms with Crippen LogP contribution in [0.1, 0.15) is 30.7 Å². The molecule has 1 aromatic rings. The number of hydrogen-bond donors (Lipinski definition) is 2. The van der Waals surface area contributed by atoms with Gasteiger partial charge in [0.05, 0.1) is 31.6 Å². The molecule has 2 heterocycles. The highest BCUT2D eigenvalue weighted by Crippen LogP contribution is 2.28. The van der Waals surface area contributed by atoms with Crippen molar-refractivity contribution < 1.29 is 13.2 Å². The van der Waals surface area contributed by atoms with Gasteiger partial charge in [-0.3, -0.25) is 9.89 Å². The van der Waals surface area contributed by atoms with Crippen molar-refractivity contribution in [2.75, 3.05) is 57.9 Å². The summed E-state index contributed by atoms with van der Waals surface area (Å²) in [6.45, 7) is 7.06. The Morgan fingerprint density at radius 2 is 2.11 bits per heavy atom. The summed E-state index contributed by atoms with van der Waals surface area (Å²) < 4.78 is 27.5. The summed E-state index contributed by atoms with van der Waals surface area (Å²) in [6.07, 6.45) is 3.73. The van der Waals surface area contributed by atoms with E-state index in [9.17, 15) is 8.42 Å². The van der Waals surface area contributed by atoms with Gasteiger partial charge in [0.2, 0.25) is 0 Å². The molecule has 1 atom stereocenters. The van der Waals surface area contributed by atoms with Crippen LogP contribution in [0.25, 0.3) is 0 Å². The predicted molar refractivity (Wildman–Crippen MR) is 112 cm³/mol. The summed E-state index contributed by atoms with van der Waals surface area (Å²) in [6, 6.07) is 4.62. The molecule has 9 heteroatoms. The number of nitrogens with one attached hydrogen (secondary N) is 2. The molecule has 154 valence electrons. The van der Waals surface area contributed by atoms with E-state index < -0.39 is 9.84 Å². The molecule has 2 rings (SSSR count). The molecule has 0 aliphatic carbocycles. The first kappa shape index (κ1) is 22.1. The minimum Gasteiger partial charge on any atom is -0.379 e. The van der Waals surface area contributed by atoms with Crippen molar-refractivity contribution in [2.24, 2.45) is 4.99 Å². The SMILES string of the molecule is CCNC(=NCC(c1cccs1)N1CCCC1)NCCOCCS(C)(=O)=O. The van der Waals surface area contributed by atoms with Crippen molar-refractivity contribution in [2.45, 2.75) is 25.8 Å². The summed E-state index contributed by atoms with van der Waals surface area (Å²) in [5, 5.41) is 8.64. The largest absolute Gasteiger partial charge is 0.379 e. The highest BCUT2D eigenvalue weighted by molar-refractivity contribution is 7.90. The van der Waals surface area contributed by atoms with Crippen LogP contribution in [0.4, 0.5) is 0 Å². The van der Waals surface area contributed by atoms with Crippen molar-refractivity contribution in [3.05, 3.63) is 22.4 Å². The molecule has 7 nitrogen and oxygen atoms in total. The Hall–Kier alpha value is -1.16. The van der Waals surface area contributed by atoms with Crippen LogP contribution in [-0.4, -0.2) is 77.2 Å². The van der Waals surface area contributed by atoms with Crippen LogP contribution in [0, 0.1) is 0 Å². The summed E-state index contributed by atoms with van der Waals surface area (Å²) in [5.41, 5.74) is 0. The van der Waals surface area contributed by atoms with Crippen LogP contribution in [0.15, 0.2) is 22.5 Å². The number of likely N-dealkylation sites (tertiary alicyclic amines) is 1. The van der Waals surface area contributed by atoms with Crippen LogP contribution in [-0.2, 0) is 14.6 Å². The maximum atomic E-state index is 11.1. The molecule has 1 aromatic heterocycles. The molecule has 1 aliphatic rings. The molecular formula is C18H32N4O3S2. The third-order valence-corrected chi connectivity index (χ3v) is 6.24. The molecular weight excluding hydrogens is 384 g/mol. The third-order valence-electron chi connectivity index (χ3n) is 4.36. The molecule has 0 radical (unpaired) electrons. The standard InChI is InChI=1S/C18H32N4O3S2/c1-3-19-18(20-8-11-25-12-14-27(2,23)24)21-15-16(17-7-6-13-26-17)22-9-4-5-10-22/h6-7,13,16H,3-5,8-12,14-15H2,1-2H3,(H2,19,20,21). The van der Waals surface area contributed by atoms with Gasteiger partial charge in [0.25, 0.3) is 0 Å². The van der Waals surface area contributed by atoms with Gasteiger partial charge in [-0.05, 0) is 44.3 Å². The smallest absolute Gasteiger partial charge is 0.191 e. The number of rotatable bonds is 11. The highest BCUT2D eigenvalue weighted by atomic mass is 32.2. The van der Waals surface area contributed by atoms with E-state index in [1.54, 1.807) is 11.3 Å². The maximum Gasteiger partial charge on any atom is 0.191 e. The Balaban J connectivity index is 1.83. The number of hydrogen-bond acceptors (Lipinski definition) is 6. The second-order valence-corrected chi connectivity index (χ2v) is 9.90. The van der Waals surface area contributed by atoms with Gasteiger partial charge in [0, 0.05) is 24.2 Å². The normalized spacial score (nSPS) is 17.2. The van der Waals surface area contributed by atoms with Gasteiger partial charge in [-0.15, -0.1) is 11.3 Å². The van der Waals surface area contributed by atoms with Gasteiger partial charge in [-0.25, -0.2) is 8.42 Å². The van der Waals surface area contributed by atoms with E-state index in [0.29, 0.717) is 25.7 Å². The lowest BCUT2D eigenvalue weighted by molar-refractivity contribution is 0.154. The zero-order valence-electron chi connectivity index (χ0n) is 16.3. The molecule has 1 unspecified atom stereocenters. The number of nitrogens with zero attached hydrogens (tertiary/aromatic N) is 2. The third kappa shape index (κ3) is 8.59. The second-order valence-electron chi connectivity index (χ2n) is 6.66. The Bertz CT molecular complexity index is 656. The molecule has 27 heavy (non-hydrogen) atoms. The highest BCUT2D eigenvalue weighted by Gasteiger charge is 2.24. The topological polar surface area (TPSA) is 83.0 Å². The van der Waals surface area contributed by atoms with Gasteiger partial charge in [-0.2, -0.15) is 0 Å². The molecule has 0 spiro atoms. The van der Waals surface area contributed by atoms with Crippen LogP contribution in [0.5, 0.6) is 0 Å². The molecule has 0 saturated carbocycles. The van der Waals surface area contributed by atoms with E-state index in [1.807, 2.05) is 6.92 Å². The Morgan fingerprint density at radius 1 is 1.33 bits per heavy atom. The van der Waals surface area contributed by atoms with Gasteiger partial charge in [0.15, 0.2) is 5.96 Å². The van der Waals surface area contributed by atoms with E-state index in [2.05, 4.69) is 33.0 Å². The average molecular weight is 417 g/mol. The summed E-state index contributed by atoms with van der Waals surface area (Å²) in [7, 11) is -2.97. The first-order valence-corrected chi connectivity index (χ1v) is 12.5. The number of aliphatic imine (C=N–C) groups is 1.